The highest BCUT2D eigenvalue weighted by Crippen LogP contribution is 2.24. The Balaban J connectivity index is 0.000000364. The molecule has 0 bridgehead atoms. The van der Waals surface area contributed by atoms with Crippen molar-refractivity contribution in [3.63, 3.8) is 0 Å². The highest BCUT2D eigenvalue weighted by Gasteiger charge is 2.33. The summed E-state index contributed by atoms with van der Waals surface area (Å²) in [6.45, 7) is 9.28. The minimum Gasteiger partial charge on any atom is -0.478 e. The smallest absolute Gasteiger partial charge is 0.338 e. The molecule has 5 heterocycles. The topological polar surface area (TPSA) is 350 Å². The Morgan fingerprint density at radius 2 is 1.07 bits per heavy atom. The van der Waals surface area contributed by atoms with E-state index in [0.717, 1.165) is 23.0 Å². The van der Waals surface area contributed by atoms with Gasteiger partial charge in [0.25, 0.3) is 5.91 Å². The van der Waals surface area contributed by atoms with Crippen LogP contribution in [0.15, 0.2) is 110 Å². The van der Waals surface area contributed by atoms with E-state index < -0.39 is 41.5 Å². The number of nitrogens with one attached hydrogen (secondary N) is 2. The first kappa shape index (κ1) is 76.2. The largest absolute Gasteiger partial charge is 0.478 e. The van der Waals surface area contributed by atoms with Crippen LogP contribution in [0.25, 0.3) is 0 Å². The van der Waals surface area contributed by atoms with Gasteiger partial charge in [0.05, 0.1) is 67.8 Å². The summed E-state index contributed by atoms with van der Waals surface area (Å²) in [5, 5.41) is 53.1. The fourth-order valence-electron chi connectivity index (χ4n) is 6.63. The molecule has 0 unspecified atom stereocenters. The predicted octanol–water partition coefficient (Wildman–Crippen LogP) is 6.82. The summed E-state index contributed by atoms with van der Waals surface area (Å²) in [5.74, 6) is -5.35. The number of aliphatic hydroxyl groups is 4. The van der Waals surface area contributed by atoms with E-state index in [2.05, 4.69) is 47.7 Å². The van der Waals surface area contributed by atoms with Gasteiger partial charge in [-0.15, -0.1) is 0 Å². The van der Waals surface area contributed by atoms with Gasteiger partial charge in [0, 0.05) is 86.3 Å². The van der Waals surface area contributed by atoms with Crippen LogP contribution in [-0.2, 0) is 31.8 Å². The number of halogens is 8. The molecule has 2 aliphatic rings. The van der Waals surface area contributed by atoms with E-state index >= 15 is 0 Å². The number of carbonyl (C=O) groups excluding carboxylic acids is 1. The first-order chi connectivity index (χ1) is 40.1. The molecular weight excluding hydrogens is 1480 g/mol. The summed E-state index contributed by atoms with van der Waals surface area (Å²) in [4.78, 5) is 47.3. The number of anilines is 1. The van der Waals surface area contributed by atoms with Gasteiger partial charge in [-0.3, -0.25) is 19.7 Å². The van der Waals surface area contributed by atoms with Gasteiger partial charge in [-0.1, -0.05) is 12.1 Å². The van der Waals surface area contributed by atoms with Crippen LogP contribution in [0.3, 0.4) is 0 Å². The SMILES string of the molecule is CC1(C)OC[C@H](CN)O1.CC1(C)OC[C@H](CNC(=O)c2ccncc2Cc2ccc(I)cc2F)O1.NC[C@H](O)CO.Nc1ccc(I)cc1F.O=C(O)c1ccncc1Cc1ccc(I)cc1F.O=C(O)c1ccncc1F.OC[C@@H](O)CNCl. The van der Waals surface area contributed by atoms with Gasteiger partial charge in [0.2, 0.25) is 0 Å². The number of nitrogens with two attached hydrogens (primary N) is 3. The lowest BCUT2D eigenvalue weighted by atomic mass is 10.0. The Kier molecular flexibility index (Phi) is 35.7. The number of hydrogen-bond acceptors (Lipinski definition) is 18. The lowest BCUT2D eigenvalue weighted by Crippen LogP contribution is -2.34. The zero-order valence-corrected chi connectivity index (χ0v) is 53.6. The molecule has 4 atom stereocenters. The minimum atomic E-state index is -1.28. The van der Waals surface area contributed by atoms with E-state index in [1.165, 1.54) is 42.9 Å². The van der Waals surface area contributed by atoms with E-state index in [-0.39, 0.29) is 85.1 Å². The molecule has 8 rings (SSSR count). The number of pyridine rings is 3. The number of carboxylic acids is 2. The number of nitrogen functional groups attached to an aromatic ring is 1. The molecule has 21 nitrogen and oxygen atoms in total. The Morgan fingerprint density at radius 3 is 1.41 bits per heavy atom. The van der Waals surface area contributed by atoms with E-state index in [9.17, 15) is 31.9 Å². The zero-order valence-electron chi connectivity index (χ0n) is 46.4. The van der Waals surface area contributed by atoms with Gasteiger partial charge >= 0.3 is 11.9 Å². The predicted molar refractivity (Wildman–Crippen MR) is 334 cm³/mol. The quantitative estimate of drug-likeness (QED) is 0.0217. The van der Waals surface area contributed by atoms with E-state index in [0.29, 0.717) is 60.5 Å². The zero-order chi connectivity index (χ0) is 63.9. The van der Waals surface area contributed by atoms with Crippen molar-refractivity contribution < 1.29 is 81.5 Å². The van der Waals surface area contributed by atoms with Crippen molar-refractivity contribution in [2.45, 2.75) is 76.5 Å². The molecule has 2 saturated heterocycles. The third-order valence-electron chi connectivity index (χ3n) is 10.9. The van der Waals surface area contributed by atoms with Crippen LogP contribution >= 0.6 is 79.5 Å². The molecule has 2 aliphatic heterocycles. The van der Waals surface area contributed by atoms with Crippen molar-refractivity contribution >= 4 is 103 Å². The minimum absolute atomic E-state index is 0.0972. The second kappa shape index (κ2) is 39.8. The highest BCUT2D eigenvalue weighted by molar-refractivity contribution is 14.1. The number of aliphatic hydroxyl groups excluding tert-OH is 4. The normalized spacial score (nSPS) is 15.7. The van der Waals surface area contributed by atoms with Crippen LogP contribution in [0.2, 0.25) is 0 Å². The molecule has 0 aliphatic carbocycles. The summed E-state index contributed by atoms with van der Waals surface area (Å²) in [6, 6.07) is 18.8. The molecular formula is C56H68ClF4I3N8O13. The summed E-state index contributed by atoms with van der Waals surface area (Å²) < 4.78 is 76.9. The molecule has 29 heteroatoms. The molecule has 85 heavy (non-hydrogen) atoms. The van der Waals surface area contributed by atoms with Gasteiger partial charge < -0.3 is 72.1 Å². The fraction of sp³-hybridized carbons (Fsp3) is 0.357. The Bertz CT molecular complexity index is 3020. The van der Waals surface area contributed by atoms with Crippen LogP contribution in [0.5, 0.6) is 0 Å². The van der Waals surface area contributed by atoms with E-state index in [1.54, 1.807) is 48.8 Å². The van der Waals surface area contributed by atoms with Crippen LogP contribution in [0.1, 0.15) is 81.0 Å². The molecule has 0 saturated carbocycles. The van der Waals surface area contributed by atoms with Crippen LogP contribution < -0.4 is 27.4 Å². The average Bonchev–Trinajstić information content (AvgIpc) is 4.23. The molecule has 14 N–H and O–H groups in total. The molecule has 466 valence electrons. The second-order valence-electron chi connectivity index (χ2n) is 18.6. The standard InChI is InChI=1S/C19H20FIN2O3.C13H9FINO2.C6H5FIN.C6H4FNO2.C6H13NO2.C3H8ClNO2.C3H9NO2/c1-19(2)25-11-15(26-19)10-23-18(24)16-5-6-22-9-13(16)7-12-3-4-14(21)8-17(12)20;14-12-6-10(15)2-1-8(12)5-9-7-16-4-3-11(9)13(17)18;7-5-3-4(8)1-2-6(5)9;7-5-3-8-2-1-4(5)6(9)10;1-6(2)8-4-5(3-7)9-6;4-5-1-3(7)2-6;4-1-3(6)2-5/h3-6,8-9,15H,7,10-11H2,1-2H3,(H,23,24);1-4,6-7H,5H2,(H,17,18);1-3H,9H2;1-3H,(H,9,10);5H,3-4,7H2,1-2H3;3,5-7H,1-2H2;3,5-6H,1-2,4H2/t15-;;;;5-;2*3-/m0...000/s1. The molecule has 0 spiro atoms. The molecule has 3 aromatic carbocycles. The van der Waals surface area contributed by atoms with Crippen LogP contribution in [0.4, 0.5) is 23.2 Å². The Labute approximate surface area is 534 Å². The molecule has 2 fully saturated rings. The second-order valence-corrected chi connectivity index (χ2v) is 22.6. The Hall–Kier alpha value is -4.92. The maximum atomic E-state index is 14.1. The van der Waals surface area contributed by atoms with Gasteiger partial charge in [-0.2, -0.15) is 0 Å². The van der Waals surface area contributed by atoms with Crippen molar-refractivity contribution in [1.29, 1.82) is 0 Å². The Morgan fingerprint density at radius 1 is 0.635 bits per heavy atom. The summed E-state index contributed by atoms with van der Waals surface area (Å²) in [5.41, 5.74) is 18.1. The fourth-order valence-corrected chi connectivity index (χ4v) is 8.17. The van der Waals surface area contributed by atoms with Crippen molar-refractivity contribution in [3.05, 3.63) is 183 Å². The third kappa shape index (κ3) is 30.0. The number of rotatable bonds is 15. The molecule has 3 aromatic heterocycles. The maximum absolute atomic E-state index is 14.1. The number of aromatic carboxylic acids is 2. The number of carboxylic acid groups (broad SMARTS) is 2. The number of amides is 1. The van der Waals surface area contributed by atoms with Crippen LogP contribution in [0, 0.1) is 34.0 Å². The van der Waals surface area contributed by atoms with Gasteiger partial charge in [-0.05, 0) is 190 Å². The number of benzene rings is 3. The molecule has 6 aromatic rings. The number of aromatic nitrogens is 3. The lowest BCUT2D eigenvalue weighted by molar-refractivity contribution is -0.137. The average molecular weight is 1550 g/mol. The van der Waals surface area contributed by atoms with Gasteiger partial charge in [-0.25, -0.2) is 32.0 Å². The first-order valence-corrected chi connectivity index (χ1v) is 28.9. The lowest BCUT2D eigenvalue weighted by Gasteiger charge is -2.17. The number of nitrogens with zero attached hydrogens (tertiary/aromatic N) is 3. The van der Waals surface area contributed by atoms with Crippen molar-refractivity contribution in [3.8, 4) is 0 Å². The molecule has 1 amide bonds. The van der Waals surface area contributed by atoms with Crippen molar-refractivity contribution in [1.82, 2.24) is 25.1 Å². The van der Waals surface area contributed by atoms with Crippen molar-refractivity contribution in [2.75, 3.05) is 58.3 Å². The number of carbonyl (C=O) groups is 3. The van der Waals surface area contributed by atoms with E-state index in [4.69, 9.17) is 78.6 Å². The third-order valence-corrected chi connectivity index (χ3v) is 13.1. The van der Waals surface area contributed by atoms with E-state index in [1.807, 2.05) is 78.9 Å². The number of hydrogen-bond donors (Lipinski definition) is 11. The molecule has 0 radical (unpaired) electrons. The summed E-state index contributed by atoms with van der Waals surface area (Å²) >= 11 is 11.1. The van der Waals surface area contributed by atoms with Crippen molar-refractivity contribution in [2.24, 2.45) is 11.5 Å². The highest BCUT2D eigenvalue weighted by atomic mass is 127. The van der Waals surface area contributed by atoms with Gasteiger partial charge in [0.1, 0.15) is 23.6 Å². The van der Waals surface area contributed by atoms with Crippen LogP contribution in [-0.4, -0.2) is 152 Å². The number of ether oxygens (including phenoxy) is 4. The summed E-state index contributed by atoms with van der Waals surface area (Å²) in [6.07, 6.45) is 7.09. The van der Waals surface area contributed by atoms with Gasteiger partial charge in [0.15, 0.2) is 17.4 Å². The summed E-state index contributed by atoms with van der Waals surface area (Å²) in [7, 11) is 0. The first-order valence-electron chi connectivity index (χ1n) is 25.3. The maximum Gasteiger partial charge on any atom is 0.338 e. The monoisotopic (exact) mass is 1550 g/mol.